The zero-order chi connectivity index (χ0) is 9.68. The Balaban J connectivity index is 2.40. The average Bonchev–Trinajstić information content (AvgIpc) is 2.42. The Morgan fingerprint density at radius 2 is 2.38 bits per heavy atom. The summed E-state index contributed by atoms with van der Waals surface area (Å²) in [6, 6.07) is 0. The number of nitrogens with one attached hydrogen (secondary N) is 1. The Hall–Kier alpha value is -0.430. The fourth-order valence-corrected chi connectivity index (χ4v) is 1.92. The second kappa shape index (κ2) is 5.33. The molecule has 0 aliphatic heterocycles. The van der Waals surface area contributed by atoms with Crippen LogP contribution in [0.3, 0.4) is 0 Å². The lowest BCUT2D eigenvalue weighted by Crippen LogP contribution is -2.25. The molecule has 0 aromatic carbocycles. The van der Waals surface area contributed by atoms with Gasteiger partial charge in [-0.2, -0.15) is 0 Å². The summed E-state index contributed by atoms with van der Waals surface area (Å²) in [5.41, 5.74) is 5.31. The summed E-state index contributed by atoms with van der Waals surface area (Å²) in [6.07, 6.45) is 0. The minimum Gasteiger partial charge on any atom is -0.494 e. The highest BCUT2D eigenvalue weighted by atomic mass is 32.1. The largest absolute Gasteiger partial charge is 0.494 e. The predicted octanol–water partition coefficient (Wildman–Crippen LogP) is 0.533. The molecule has 1 aromatic rings. The van der Waals surface area contributed by atoms with E-state index in [4.69, 9.17) is 18.0 Å². The Kier molecular flexibility index (Phi) is 4.37. The van der Waals surface area contributed by atoms with E-state index in [1.807, 2.05) is 0 Å². The van der Waals surface area contributed by atoms with Crippen molar-refractivity contribution in [3.05, 3.63) is 9.33 Å². The number of aromatic hydroxyl groups is 1. The number of hydrogen-bond donors (Lipinski definition) is 3. The molecule has 0 aliphatic carbocycles. The van der Waals surface area contributed by atoms with Gasteiger partial charge < -0.3 is 16.2 Å². The van der Waals surface area contributed by atoms with Gasteiger partial charge >= 0.3 is 0 Å². The van der Waals surface area contributed by atoms with Gasteiger partial charge in [0.15, 0.2) is 3.95 Å². The van der Waals surface area contributed by atoms with E-state index in [1.54, 1.807) is 9.95 Å². The van der Waals surface area contributed by atoms with E-state index in [9.17, 15) is 5.11 Å². The number of nitrogens with zero attached hydrogens (tertiary/aromatic N) is 1. The van der Waals surface area contributed by atoms with Crippen LogP contribution in [0.4, 0.5) is 0 Å². The van der Waals surface area contributed by atoms with Gasteiger partial charge in [0.1, 0.15) is 0 Å². The maximum Gasteiger partial charge on any atom is 0.203 e. The van der Waals surface area contributed by atoms with Crippen LogP contribution in [-0.2, 0) is 6.54 Å². The predicted molar refractivity (Wildman–Crippen MR) is 56.7 cm³/mol. The van der Waals surface area contributed by atoms with Crippen LogP contribution in [0.5, 0.6) is 5.88 Å². The van der Waals surface area contributed by atoms with E-state index in [2.05, 4.69) is 5.32 Å². The van der Waals surface area contributed by atoms with E-state index in [1.165, 1.54) is 11.3 Å². The van der Waals surface area contributed by atoms with Crippen molar-refractivity contribution in [3.8, 4) is 5.88 Å². The first-order chi connectivity index (χ1) is 6.25. The number of hydrogen-bond acceptors (Lipinski definition) is 5. The maximum atomic E-state index is 9.34. The molecule has 0 atom stereocenters. The number of aromatic nitrogens is 1. The van der Waals surface area contributed by atoms with Gasteiger partial charge in [-0.1, -0.05) is 0 Å². The highest BCUT2D eigenvalue weighted by Crippen LogP contribution is 2.16. The van der Waals surface area contributed by atoms with Crippen molar-refractivity contribution in [2.75, 3.05) is 19.6 Å². The third kappa shape index (κ3) is 3.07. The third-order valence-corrected chi connectivity index (χ3v) is 2.86. The minimum absolute atomic E-state index is 0.240. The number of rotatable bonds is 5. The molecule has 1 aromatic heterocycles. The summed E-state index contributed by atoms with van der Waals surface area (Å²) < 4.78 is 2.40. The van der Waals surface area contributed by atoms with Crippen molar-refractivity contribution < 1.29 is 5.11 Å². The van der Waals surface area contributed by atoms with Crippen LogP contribution >= 0.6 is 23.6 Å². The molecule has 0 radical (unpaired) electrons. The molecular weight excluding hydrogens is 206 g/mol. The standard InChI is InChI=1S/C7H13N3OS2/c8-1-2-9-3-4-10-6(11)5-13-7(10)12/h5,9,11H,1-4,8H2. The summed E-state index contributed by atoms with van der Waals surface area (Å²) in [4.78, 5) is 0. The summed E-state index contributed by atoms with van der Waals surface area (Å²) in [5.74, 6) is 0.240. The third-order valence-electron chi connectivity index (χ3n) is 1.60. The summed E-state index contributed by atoms with van der Waals surface area (Å²) >= 11 is 6.39. The molecule has 0 unspecified atom stereocenters. The van der Waals surface area contributed by atoms with Crippen molar-refractivity contribution >= 4 is 23.6 Å². The van der Waals surface area contributed by atoms with Crippen LogP contribution in [0.25, 0.3) is 0 Å². The Labute approximate surface area is 86.0 Å². The minimum atomic E-state index is 0.240. The number of nitrogens with two attached hydrogens (primary N) is 1. The monoisotopic (exact) mass is 219 g/mol. The molecule has 0 saturated carbocycles. The van der Waals surface area contributed by atoms with Gasteiger partial charge in [0.2, 0.25) is 5.88 Å². The molecule has 13 heavy (non-hydrogen) atoms. The molecule has 74 valence electrons. The highest BCUT2D eigenvalue weighted by molar-refractivity contribution is 7.73. The van der Waals surface area contributed by atoms with Crippen LogP contribution < -0.4 is 11.1 Å². The lowest BCUT2D eigenvalue weighted by atomic mass is 10.5. The number of thiazole rings is 1. The SMILES string of the molecule is NCCNCCn1c(O)csc1=S. The van der Waals surface area contributed by atoms with Crippen molar-refractivity contribution in [1.29, 1.82) is 0 Å². The van der Waals surface area contributed by atoms with Crippen molar-refractivity contribution in [2.45, 2.75) is 6.54 Å². The Morgan fingerprint density at radius 1 is 1.62 bits per heavy atom. The summed E-state index contributed by atoms with van der Waals surface area (Å²) in [7, 11) is 0. The zero-order valence-corrected chi connectivity index (χ0v) is 8.83. The highest BCUT2D eigenvalue weighted by Gasteiger charge is 2.00. The molecule has 1 heterocycles. The van der Waals surface area contributed by atoms with Gasteiger partial charge in [0, 0.05) is 26.2 Å². The molecule has 4 nitrogen and oxygen atoms in total. The van der Waals surface area contributed by atoms with Crippen molar-refractivity contribution in [2.24, 2.45) is 5.73 Å². The van der Waals surface area contributed by atoms with E-state index < -0.39 is 0 Å². The van der Waals surface area contributed by atoms with Crippen LogP contribution in [0.2, 0.25) is 0 Å². The molecule has 6 heteroatoms. The van der Waals surface area contributed by atoms with Gasteiger partial charge in [0.25, 0.3) is 0 Å². The molecule has 1 rings (SSSR count). The van der Waals surface area contributed by atoms with Gasteiger partial charge in [-0.3, -0.25) is 4.57 Å². The normalized spacial score (nSPS) is 10.5. The fourth-order valence-electron chi connectivity index (χ4n) is 0.948. The lowest BCUT2D eigenvalue weighted by Gasteiger charge is -2.04. The molecule has 0 fully saturated rings. The quantitative estimate of drug-likeness (QED) is 0.499. The van der Waals surface area contributed by atoms with Gasteiger partial charge in [0.05, 0.1) is 5.38 Å². The van der Waals surface area contributed by atoms with Crippen LogP contribution in [-0.4, -0.2) is 29.3 Å². The summed E-state index contributed by atoms with van der Waals surface area (Å²) in [5, 5.41) is 14.1. The molecule has 4 N–H and O–H groups in total. The molecule has 0 bridgehead atoms. The zero-order valence-electron chi connectivity index (χ0n) is 7.19. The second-order valence-corrected chi connectivity index (χ2v) is 4.05. The summed E-state index contributed by atoms with van der Waals surface area (Å²) in [6.45, 7) is 2.88. The van der Waals surface area contributed by atoms with E-state index in [0.717, 1.165) is 13.1 Å². The van der Waals surface area contributed by atoms with Gasteiger partial charge in [-0.15, -0.1) is 11.3 Å². The van der Waals surface area contributed by atoms with E-state index in [-0.39, 0.29) is 5.88 Å². The van der Waals surface area contributed by atoms with Crippen LogP contribution in [0, 0.1) is 3.95 Å². The molecule has 0 saturated heterocycles. The second-order valence-electron chi connectivity index (χ2n) is 2.55. The Morgan fingerprint density at radius 3 is 2.92 bits per heavy atom. The fraction of sp³-hybridized carbons (Fsp3) is 0.571. The van der Waals surface area contributed by atoms with E-state index >= 15 is 0 Å². The smallest absolute Gasteiger partial charge is 0.203 e. The molecule has 0 aliphatic rings. The Bertz CT molecular complexity index is 307. The first-order valence-electron chi connectivity index (χ1n) is 4.04. The van der Waals surface area contributed by atoms with Crippen LogP contribution in [0.15, 0.2) is 5.38 Å². The first kappa shape index (κ1) is 10.6. The van der Waals surface area contributed by atoms with Crippen LogP contribution in [0.1, 0.15) is 0 Å². The lowest BCUT2D eigenvalue weighted by molar-refractivity contribution is 0.412. The van der Waals surface area contributed by atoms with Crippen molar-refractivity contribution in [1.82, 2.24) is 9.88 Å². The van der Waals surface area contributed by atoms with Crippen molar-refractivity contribution in [3.63, 3.8) is 0 Å². The van der Waals surface area contributed by atoms with Gasteiger partial charge in [-0.05, 0) is 12.2 Å². The molecule has 0 amide bonds. The van der Waals surface area contributed by atoms with Gasteiger partial charge in [-0.25, -0.2) is 0 Å². The molecular formula is C7H13N3OS2. The molecule has 0 spiro atoms. The first-order valence-corrected chi connectivity index (χ1v) is 5.32. The topological polar surface area (TPSA) is 63.2 Å². The van der Waals surface area contributed by atoms with E-state index in [0.29, 0.717) is 17.0 Å². The maximum absolute atomic E-state index is 9.34. The average molecular weight is 219 g/mol.